The molecule has 3 heteroatoms. The van der Waals surface area contributed by atoms with E-state index in [1.165, 1.54) is 28.4 Å². The topological polar surface area (TPSA) is 9.72 Å². The van der Waals surface area contributed by atoms with Crippen LogP contribution in [0.15, 0.2) is 60.3 Å². The average molecular weight is 381 g/mol. The molecular weight excluding hydrogens is 342 g/mol. The lowest BCUT2D eigenvalue weighted by Crippen LogP contribution is -2.45. The molecule has 1 heterocycles. The van der Waals surface area contributed by atoms with E-state index in [1.807, 2.05) is 0 Å². The highest BCUT2D eigenvalue weighted by atomic mass is 15.4. The van der Waals surface area contributed by atoms with Gasteiger partial charge in [-0.2, -0.15) is 0 Å². The van der Waals surface area contributed by atoms with Gasteiger partial charge in [0.25, 0.3) is 0 Å². The number of rotatable bonds is 7. The van der Waals surface area contributed by atoms with Gasteiger partial charge in [0.1, 0.15) is 17.2 Å². The quantitative estimate of drug-likeness (QED) is 0.568. The normalized spacial score (nSPS) is 16.2. The van der Waals surface area contributed by atoms with Crippen molar-refractivity contribution in [3.05, 3.63) is 77.4 Å². The minimum atomic E-state index is 0.358. The molecule has 0 saturated heterocycles. The Morgan fingerprint density at radius 2 is 1.79 bits per heavy atom. The van der Waals surface area contributed by atoms with Crippen LogP contribution in [0.3, 0.4) is 0 Å². The average Bonchev–Trinajstić information content (AvgIpc) is 2.63. The van der Waals surface area contributed by atoms with E-state index in [2.05, 4.69) is 108 Å². The van der Waals surface area contributed by atoms with Crippen molar-refractivity contribution in [1.29, 1.82) is 0 Å². The van der Waals surface area contributed by atoms with Crippen LogP contribution in [0.2, 0.25) is 0 Å². The molecule has 0 saturated carbocycles. The van der Waals surface area contributed by atoms with Crippen molar-refractivity contribution in [2.24, 2.45) is 5.92 Å². The molecule has 152 valence electrons. The van der Waals surface area contributed by atoms with E-state index in [1.54, 1.807) is 0 Å². The van der Waals surface area contributed by atoms with Crippen LogP contribution >= 0.6 is 0 Å². The van der Waals surface area contributed by atoms with Crippen LogP contribution in [0.1, 0.15) is 52.7 Å². The minimum absolute atomic E-state index is 0.358. The molecule has 0 aromatic heterocycles. The van der Waals surface area contributed by atoms with Crippen molar-refractivity contribution < 1.29 is 0 Å². The van der Waals surface area contributed by atoms with Gasteiger partial charge in [-0.25, -0.2) is 0 Å². The molecule has 1 aromatic carbocycles. The molecule has 3 nitrogen and oxygen atoms in total. The van der Waals surface area contributed by atoms with E-state index in [9.17, 15) is 0 Å². The maximum atomic E-state index is 4.37. The van der Waals surface area contributed by atoms with Gasteiger partial charge in [0, 0.05) is 81.8 Å². The summed E-state index contributed by atoms with van der Waals surface area (Å²) < 4.78 is 0. The first kappa shape index (κ1) is 22.0. The van der Waals surface area contributed by atoms with E-state index >= 15 is 0 Å². The van der Waals surface area contributed by atoms with E-state index in [-0.39, 0.29) is 0 Å². The Labute approximate surface area is 173 Å². The maximum Gasteiger partial charge on any atom is 0.132 e. The molecule has 0 N–H and O–H groups in total. The summed E-state index contributed by atoms with van der Waals surface area (Å²) in [5.74, 6) is 4.10. The van der Waals surface area contributed by atoms with E-state index in [0.717, 1.165) is 24.5 Å². The number of hydrogen-bond acceptors (Lipinski definition) is 3. The molecule has 0 aliphatic carbocycles. The maximum absolute atomic E-state index is 4.37. The molecule has 0 spiro atoms. The van der Waals surface area contributed by atoms with Crippen molar-refractivity contribution in [2.75, 3.05) is 20.6 Å². The third kappa shape index (κ3) is 4.57. The third-order valence-electron chi connectivity index (χ3n) is 5.69. The summed E-state index contributed by atoms with van der Waals surface area (Å²) in [5.41, 5.74) is 4.97. The van der Waals surface area contributed by atoms with Crippen LogP contribution in [0.5, 0.6) is 0 Å². The number of likely N-dealkylation sites (N-methyl/N-ethyl adjacent to an activating group) is 1. The Morgan fingerprint density at radius 3 is 2.36 bits per heavy atom. The van der Waals surface area contributed by atoms with Gasteiger partial charge >= 0.3 is 0 Å². The third-order valence-corrected chi connectivity index (χ3v) is 5.69. The SMILES string of the molecule is C=C1C(C)=C(N(C)C(C)Cc2cccc([C+](C)C)c2)N(C)C(=C)N1CC(C)C. The molecule has 1 aliphatic rings. The predicted molar refractivity (Wildman–Crippen MR) is 121 cm³/mol. The van der Waals surface area contributed by atoms with Crippen LogP contribution in [0, 0.1) is 11.8 Å². The Kier molecular flexibility index (Phi) is 6.92. The summed E-state index contributed by atoms with van der Waals surface area (Å²) in [7, 11) is 4.29. The first-order valence-corrected chi connectivity index (χ1v) is 10.3. The smallest absolute Gasteiger partial charge is 0.132 e. The zero-order valence-electron chi connectivity index (χ0n) is 19.1. The minimum Gasteiger partial charge on any atom is -0.358 e. The largest absolute Gasteiger partial charge is 0.358 e. The van der Waals surface area contributed by atoms with Crippen LogP contribution in [-0.2, 0) is 6.42 Å². The van der Waals surface area contributed by atoms with Crippen molar-refractivity contribution in [2.45, 2.75) is 54.0 Å². The zero-order chi connectivity index (χ0) is 21.2. The van der Waals surface area contributed by atoms with Gasteiger partial charge in [0.05, 0.1) is 0 Å². The fourth-order valence-electron chi connectivity index (χ4n) is 3.82. The predicted octanol–water partition coefficient (Wildman–Crippen LogP) is 5.63. The van der Waals surface area contributed by atoms with Crippen molar-refractivity contribution in [3.63, 3.8) is 0 Å². The molecule has 1 aliphatic heterocycles. The molecule has 0 fully saturated rings. The summed E-state index contributed by atoms with van der Waals surface area (Å²) in [4.78, 5) is 6.82. The Hall–Kier alpha value is -2.29. The molecule has 1 atom stereocenters. The van der Waals surface area contributed by atoms with Gasteiger partial charge in [-0.3, -0.25) is 0 Å². The van der Waals surface area contributed by atoms with Gasteiger partial charge in [-0.05, 0) is 31.9 Å². The molecule has 1 aromatic rings. The second-order valence-corrected chi connectivity index (χ2v) is 8.74. The highest BCUT2D eigenvalue weighted by Gasteiger charge is 2.30. The van der Waals surface area contributed by atoms with Gasteiger partial charge in [-0.15, -0.1) is 0 Å². The summed E-state index contributed by atoms with van der Waals surface area (Å²) in [5, 5.41) is 0. The van der Waals surface area contributed by atoms with Gasteiger partial charge in [-0.1, -0.05) is 27.0 Å². The molecule has 0 amide bonds. The van der Waals surface area contributed by atoms with E-state index in [0.29, 0.717) is 12.0 Å². The van der Waals surface area contributed by atoms with E-state index < -0.39 is 0 Å². The molecular formula is C25H38N3+. The number of benzene rings is 1. The van der Waals surface area contributed by atoms with Crippen LogP contribution < -0.4 is 0 Å². The zero-order valence-corrected chi connectivity index (χ0v) is 19.1. The lowest BCUT2D eigenvalue weighted by Gasteiger charge is -2.46. The fourth-order valence-corrected chi connectivity index (χ4v) is 3.82. The Bertz CT molecular complexity index is 757. The molecule has 0 bridgehead atoms. The molecule has 1 unspecified atom stereocenters. The highest BCUT2D eigenvalue weighted by Crippen LogP contribution is 2.34. The number of nitrogens with zero attached hydrogens (tertiary/aromatic N) is 3. The summed E-state index contributed by atoms with van der Waals surface area (Å²) >= 11 is 0. The summed E-state index contributed by atoms with van der Waals surface area (Å²) in [6, 6.07) is 9.25. The summed E-state index contributed by atoms with van der Waals surface area (Å²) in [6.07, 6.45) is 0.997. The number of hydrogen-bond donors (Lipinski definition) is 0. The molecule has 28 heavy (non-hydrogen) atoms. The lowest BCUT2D eigenvalue weighted by atomic mass is 9.97. The van der Waals surface area contributed by atoms with Crippen LogP contribution in [0.25, 0.3) is 0 Å². The summed E-state index contributed by atoms with van der Waals surface area (Å²) in [6.45, 7) is 22.9. The van der Waals surface area contributed by atoms with Gasteiger partial charge < -0.3 is 14.7 Å². The lowest BCUT2D eigenvalue weighted by molar-refractivity contribution is 0.187. The van der Waals surface area contributed by atoms with Gasteiger partial charge in [0.2, 0.25) is 0 Å². The molecule has 2 rings (SSSR count). The van der Waals surface area contributed by atoms with Crippen molar-refractivity contribution in [3.8, 4) is 0 Å². The van der Waals surface area contributed by atoms with E-state index in [4.69, 9.17) is 0 Å². The molecule has 0 radical (unpaired) electrons. The van der Waals surface area contributed by atoms with Crippen LogP contribution in [-0.4, -0.2) is 41.4 Å². The second-order valence-electron chi connectivity index (χ2n) is 8.74. The number of allylic oxidation sites excluding steroid dienone is 1. The fraction of sp³-hybridized carbons (Fsp3) is 0.480. The second kappa shape index (κ2) is 8.81. The first-order chi connectivity index (χ1) is 13.0. The standard InChI is InChI=1S/C25H38N3/c1-17(2)16-28-21(7)20(6)25(27(10)22(28)8)26(9)19(5)14-23-12-11-13-24(15-23)18(3)4/h11-13,15,17,19H,7-8,14,16H2,1-6,9-10H3/q+1. The van der Waals surface area contributed by atoms with Gasteiger partial charge in [0.15, 0.2) is 0 Å². The van der Waals surface area contributed by atoms with Crippen molar-refractivity contribution >= 4 is 0 Å². The Morgan fingerprint density at radius 1 is 1.14 bits per heavy atom. The monoisotopic (exact) mass is 380 g/mol. The van der Waals surface area contributed by atoms with Crippen LogP contribution in [0.4, 0.5) is 0 Å². The van der Waals surface area contributed by atoms with Crippen molar-refractivity contribution in [1.82, 2.24) is 14.7 Å². The Balaban J connectivity index is 2.25. The first-order valence-electron chi connectivity index (χ1n) is 10.3. The highest BCUT2D eigenvalue weighted by molar-refractivity contribution is 5.38.